The lowest BCUT2D eigenvalue weighted by Crippen LogP contribution is -2.61. The summed E-state index contributed by atoms with van der Waals surface area (Å²) in [5, 5.41) is 36.2. The van der Waals surface area contributed by atoms with Crippen molar-refractivity contribution in [2.75, 3.05) is 6.61 Å². The Hall–Kier alpha value is -1.67. The smallest absolute Gasteiger partial charge is 0.145 e. The molecular formula is C19H18BrClF2N4O4S. The summed E-state index contributed by atoms with van der Waals surface area (Å²) in [5.74, 6) is -2.05. The fourth-order valence-electron chi connectivity index (χ4n) is 3.03. The van der Waals surface area contributed by atoms with Crippen molar-refractivity contribution in [3.05, 3.63) is 63.5 Å². The van der Waals surface area contributed by atoms with Gasteiger partial charge in [-0.15, -0.1) is 0 Å². The summed E-state index contributed by atoms with van der Waals surface area (Å²) in [6, 6.07) is 2.51. The largest absolute Gasteiger partial charge is 0.394 e. The van der Waals surface area contributed by atoms with Gasteiger partial charge in [0.1, 0.15) is 46.1 Å². The molecule has 0 spiro atoms. The third-order valence-corrected chi connectivity index (χ3v) is 6.54. The summed E-state index contributed by atoms with van der Waals surface area (Å²) in [5.41, 5.74) is 6.19. The summed E-state index contributed by atoms with van der Waals surface area (Å²) < 4.78 is 33.9. The maximum Gasteiger partial charge on any atom is 0.145 e. The van der Waals surface area contributed by atoms with Crippen LogP contribution >= 0.6 is 39.3 Å². The highest BCUT2D eigenvalue weighted by Crippen LogP contribution is 2.34. The highest BCUT2D eigenvalue weighted by Gasteiger charge is 2.44. The minimum atomic E-state index is -1.34. The van der Waals surface area contributed by atoms with Gasteiger partial charge in [0, 0.05) is 33.5 Å². The average molecular weight is 552 g/mol. The summed E-state index contributed by atoms with van der Waals surface area (Å²) in [6.07, 6.45) is 0.644. The first kappa shape index (κ1) is 25.0. The third kappa shape index (κ3) is 5.63. The third-order valence-electron chi connectivity index (χ3n) is 4.63. The van der Waals surface area contributed by atoms with Gasteiger partial charge in [-0.2, -0.15) is 5.11 Å². The average Bonchev–Trinajstić information content (AvgIpc) is 2.76. The van der Waals surface area contributed by atoms with Crippen molar-refractivity contribution in [1.29, 1.82) is 5.53 Å². The summed E-state index contributed by atoms with van der Waals surface area (Å²) in [4.78, 5) is 4.71. The van der Waals surface area contributed by atoms with Gasteiger partial charge in [0.2, 0.25) is 0 Å². The lowest BCUT2D eigenvalue weighted by Gasteiger charge is -2.42. The van der Waals surface area contributed by atoms with Gasteiger partial charge < -0.3 is 25.4 Å². The van der Waals surface area contributed by atoms with Crippen LogP contribution in [0.25, 0.3) is 5.70 Å². The fourth-order valence-corrected chi connectivity index (χ4v) is 4.75. The highest BCUT2D eigenvalue weighted by molar-refractivity contribution is 9.10. The molecule has 13 heteroatoms. The molecule has 1 saturated heterocycles. The molecule has 32 heavy (non-hydrogen) atoms. The molecule has 1 fully saturated rings. The van der Waals surface area contributed by atoms with E-state index in [-0.39, 0.29) is 11.3 Å². The Balaban J connectivity index is 1.84. The number of thioether (sulfide) groups is 1. The molecule has 0 radical (unpaired) electrons. The molecule has 0 saturated carbocycles. The lowest BCUT2D eigenvalue weighted by atomic mass is 9.97. The van der Waals surface area contributed by atoms with Crippen LogP contribution in [0.2, 0.25) is 5.02 Å². The predicted molar refractivity (Wildman–Crippen MR) is 117 cm³/mol. The SMILES string of the molecule is N=N/C(=C\NC1C(O)[C@@H](Sc2cncc(Br)c2)OC(CO)[C@@H]1O)c1cc(F)c(Cl)c(F)c1. The van der Waals surface area contributed by atoms with Gasteiger partial charge in [-0.1, -0.05) is 23.4 Å². The molecule has 8 nitrogen and oxygen atoms in total. The Morgan fingerprint density at radius 1 is 1.28 bits per heavy atom. The van der Waals surface area contributed by atoms with Crippen LogP contribution in [0.3, 0.4) is 0 Å². The Labute approximate surface area is 199 Å². The lowest BCUT2D eigenvalue weighted by molar-refractivity contribution is -0.164. The maximum atomic E-state index is 13.8. The molecule has 3 rings (SSSR count). The predicted octanol–water partition coefficient (Wildman–Crippen LogP) is 3.29. The van der Waals surface area contributed by atoms with Gasteiger partial charge in [0.05, 0.1) is 12.6 Å². The van der Waals surface area contributed by atoms with Crippen LogP contribution in [0.1, 0.15) is 5.56 Å². The second-order valence-corrected chi connectivity index (χ2v) is 9.22. The summed E-state index contributed by atoms with van der Waals surface area (Å²) in [7, 11) is 0. The molecule has 1 aromatic carbocycles. The quantitative estimate of drug-likeness (QED) is 0.264. The number of hydrogen-bond donors (Lipinski definition) is 5. The maximum absolute atomic E-state index is 13.8. The van der Waals surface area contributed by atoms with E-state index in [0.29, 0.717) is 9.37 Å². The highest BCUT2D eigenvalue weighted by atomic mass is 79.9. The summed E-state index contributed by atoms with van der Waals surface area (Å²) >= 11 is 9.92. The van der Waals surface area contributed by atoms with Crippen molar-refractivity contribution >= 4 is 45.0 Å². The first-order valence-electron chi connectivity index (χ1n) is 9.13. The monoisotopic (exact) mass is 550 g/mol. The number of aromatic nitrogens is 1. The first-order valence-corrected chi connectivity index (χ1v) is 11.2. The second-order valence-electron chi connectivity index (χ2n) is 6.75. The van der Waals surface area contributed by atoms with Crippen molar-refractivity contribution in [2.24, 2.45) is 5.11 Å². The van der Waals surface area contributed by atoms with E-state index < -0.39 is 53.1 Å². The van der Waals surface area contributed by atoms with E-state index in [9.17, 15) is 24.1 Å². The normalized spacial score (nSPS) is 26.1. The van der Waals surface area contributed by atoms with Crippen LogP contribution in [0.5, 0.6) is 0 Å². The van der Waals surface area contributed by atoms with Gasteiger partial charge in [0.25, 0.3) is 0 Å². The van der Waals surface area contributed by atoms with E-state index in [0.717, 1.165) is 30.1 Å². The van der Waals surface area contributed by atoms with Crippen molar-refractivity contribution < 1.29 is 28.8 Å². The molecule has 0 amide bonds. The Morgan fingerprint density at radius 3 is 2.56 bits per heavy atom. The number of aliphatic hydroxyl groups is 3. The molecule has 1 aliphatic heterocycles. The van der Waals surface area contributed by atoms with Crippen LogP contribution in [-0.4, -0.2) is 56.7 Å². The minimum Gasteiger partial charge on any atom is -0.394 e. The number of halogens is 4. The molecule has 1 aliphatic rings. The zero-order valence-corrected chi connectivity index (χ0v) is 19.3. The fraction of sp³-hybridized carbons (Fsp3) is 0.316. The number of pyridine rings is 1. The molecule has 3 unspecified atom stereocenters. The number of ether oxygens (including phenoxy) is 1. The molecule has 0 bridgehead atoms. The standard InChI is InChI=1S/C19H18BrClF2N4O4S/c20-9-3-10(5-25-4-9)32-19-18(30)16(17(29)14(7-28)31-19)26-6-13(27-24)8-1-11(22)15(21)12(23)2-8/h1-6,14,16-19,24,26,28-30H,7H2/b13-6-,27-24?/t14?,16?,17-,18?,19+/m0/s1. The van der Waals surface area contributed by atoms with Gasteiger partial charge in [0.15, 0.2) is 0 Å². The number of rotatable bonds is 7. The topological polar surface area (TPSA) is 131 Å². The molecule has 2 heterocycles. The molecule has 2 aromatic rings. The van der Waals surface area contributed by atoms with Gasteiger partial charge in [-0.3, -0.25) is 4.98 Å². The van der Waals surface area contributed by atoms with Crippen molar-refractivity contribution in [1.82, 2.24) is 10.3 Å². The number of nitrogens with one attached hydrogen (secondary N) is 2. The number of benzene rings is 1. The Bertz CT molecular complexity index is 998. The molecular weight excluding hydrogens is 534 g/mol. The molecule has 0 aliphatic carbocycles. The van der Waals surface area contributed by atoms with E-state index >= 15 is 0 Å². The van der Waals surface area contributed by atoms with E-state index in [1.165, 1.54) is 0 Å². The van der Waals surface area contributed by atoms with Crippen LogP contribution in [-0.2, 0) is 4.74 Å². The van der Waals surface area contributed by atoms with Gasteiger partial charge in [-0.05, 0) is 34.1 Å². The number of nitrogens with zero attached hydrogens (tertiary/aromatic N) is 2. The molecule has 172 valence electrons. The van der Waals surface area contributed by atoms with E-state index in [4.69, 9.17) is 21.9 Å². The summed E-state index contributed by atoms with van der Waals surface area (Å²) in [6.45, 7) is -0.521. The second kappa shape index (κ2) is 11.0. The molecule has 1 aromatic heterocycles. The zero-order valence-electron chi connectivity index (χ0n) is 16.1. The van der Waals surface area contributed by atoms with Crippen LogP contribution in [0.4, 0.5) is 8.78 Å². The van der Waals surface area contributed by atoms with Crippen molar-refractivity contribution in [3.63, 3.8) is 0 Å². The van der Waals surface area contributed by atoms with E-state index in [1.54, 1.807) is 18.5 Å². The van der Waals surface area contributed by atoms with Gasteiger partial charge in [-0.25, -0.2) is 14.3 Å². The molecule has 5 atom stereocenters. The molecule has 5 N–H and O–H groups in total. The zero-order chi connectivity index (χ0) is 23.4. The van der Waals surface area contributed by atoms with Gasteiger partial charge >= 0.3 is 0 Å². The van der Waals surface area contributed by atoms with E-state index in [2.05, 4.69) is 31.3 Å². The van der Waals surface area contributed by atoms with Crippen molar-refractivity contribution in [2.45, 2.75) is 34.7 Å². The van der Waals surface area contributed by atoms with Crippen LogP contribution in [0.15, 0.2) is 51.3 Å². The first-order chi connectivity index (χ1) is 15.2. The van der Waals surface area contributed by atoms with Crippen LogP contribution < -0.4 is 5.32 Å². The Kier molecular flexibility index (Phi) is 8.55. The van der Waals surface area contributed by atoms with Crippen LogP contribution in [0, 0.1) is 17.2 Å². The minimum absolute atomic E-state index is 0.0761. The number of hydrogen-bond acceptors (Lipinski definition) is 9. The Morgan fingerprint density at radius 2 is 1.97 bits per heavy atom. The number of aliphatic hydroxyl groups excluding tert-OH is 3. The van der Waals surface area contributed by atoms with E-state index in [1.807, 2.05) is 0 Å². The van der Waals surface area contributed by atoms with Crippen molar-refractivity contribution in [3.8, 4) is 0 Å².